The minimum absolute atomic E-state index is 0.574. The number of nitrogens with zero attached hydrogens (tertiary/aromatic N) is 3. The number of aryl methyl sites for hydroxylation is 1. The van der Waals surface area contributed by atoms with Crippen LogP contribution in [0, 0.1) is 10.5 Å². The molecule has 0 unspecified atom stereocenters. The summed E-state index contributed by atoms with van der Waals surface area (Å²) in [6.45, 7) is 1.97. The third-order valence-electron chi connectivity index (χ3n) is 2.68. The molecule has 6 heteroatoms. The number of hydrogen-bond acceptors (Lipinski definition) is 5. The van der Waals surface area contributed by atoms with Gasteiger partial charge in [0, 0.05) is 17.0 Å². The Morgan fingerprint density at radius 3 is 2.71 bits per heavy atom. The number of rotatable bonds is 2. The molecule has 17 heavy (non-hydrogen) atoms. The van der Waals surface area contributed by atoms with Crippen molar-refractivity contribution in [2.24, 2.45) is 0 Å². The summed E-state index contributed by atoms with van der Waals surface area (Å²) in [5.41, 5.74) is 8.05. The number of nitrogens with two attached hydrogens (primary N) is 1. The predicted molar refractivity (Wildman–Crippen MR) is 77.0 cm³/mol. The number of hydrogen-bond donors (Lipinski definition) is 1. The van der Waals surface area contributed by atoms with Crippen molar-refractivity contribution in [1.82, 2.24) is 15.0 Å². The molecule has 0 atom stereocenters. The summed E-state index contributed by atoms with van der Waals surface area (Å²) in [6.07, 6.45) is 2.42. The van der Waals surface area contributed by atoms with Crippen molar-refractivity contribution < 1.29 is 0 Å². The number of nitrogen functional groups attached to an aromatic ring is 1. The van der Waals surface area contributed by atoms with Gasteiger partial charge in [0.15, 0.2) is 10.8 Å². The molecule has 0 aromatic carbocycles. The molecule has 4 nitrogen and oxygen atoms in total. The summed E-state index contributed by atoms with van der Waals surface area (Å²) in [6, 6.07) is 0. The second kappa shape index (κ2) is 4.16. The molecule has 1 aliphatic rings. The van der Waals surface area contributed by atoms with Gasteiger partial charge in [0.25, 0.3) is 0 Å². The van der Waals surface area contributed by atoms with E-state index in [0.29, 0.717) is 17.6 Å². The first-order valence-electron chi connectivity index (χ1n) is 5.40. The molecular weight excluding hydrogens is 347 g/mol. The Balaban J connectivity index is 2.11. The predicted octanol–water partition coefficient (Wildman–Crippen LogP) is 2.97. The fraction of sp³-hybridized carbons (Fsp3) is 0.364. The average Bonchev–Trinajstić information content (AvgIpc) is 3.05. The summed E-state index contributed by atoms with van der Waals surface area (Å²) < 4.78 is 1.00. The van der Waals surface area contributed by atoms with Gasteiger partial charge < -0.3 is 5.73 Å². The molecule has 2 N–H and O–H groups in total. The molecule has 0 amide bonds. The zero-order valence-electron chi connectivity index (χ0n) is 9.27. The Hall–Kier alpha value is -0.760. The highest BCUT2D eigenvalue weighted by atomic mass is 127. The molecule has 2 aromatic heterocycles. The molecule has 88 valence electrons. The van der Waals surface area contributed by atoms with Gasteiger partial charge in [-0.05, 0) is 42.4 Å². The topological polar surface area (TPSA) is 64.7 Å². The van der Waals surface area contributed by atoms with Gasteiger partial charge in [0.05, 0.1) is 9.26 Å². The summed E-state index contributed by atoms with van der Waals surface area (Å²) in [4.78, 5) is 13.4. The van der Waals surface area contributed by atoms with Crippen molar-refractivity contribution in [2.45, 2.75) is 25.7 Å². The third-order valence-corrected chi connectivity index (χ3v) is 4.74. The van der Waals surface area contributed by atoms with Crippen molar-refractivity contribution in [2.75, 3.05) is 5.73 Å². The Kier molecular flexibility index (Phi) is 2.78. The summed E-state index contributed by atoms with van der Waals surface area (Å²) in [5.74, 6) is 1.82. The lowest BCUT2D eigenvalue weighted by Gasteiger charge is -2.06. The second-order valence-electron chi connectivity index (χ2n) is 4.20. The lowest BCUT2D eigenvalue weighted by molar-refractivity contribution is 0.980. The SMILES string of the molecule is Cc1csc(-c2nc(N)c(I)c(C3CC3)n2)n1. The summed E-state index contributed by atoms with van der Waals surface area (Å²) in [7, 11) is 0. The van der Waals surface area contributed by atoms with Crippen LogP contribution < -0.4 is 5.73 Å². The molecule has 0 spiro atoms. The van der Waals surface area contributed by atoms with Crippen molar-refractivity contribution in [1.29, 1.82) is 0 Å². The number of halogens is 1. The van der Waals surface area contributed by atoms with Crippen LogP contribution in [0.5, 0.6) is 0 Å². The van der Waals surface area contributed by atoms with Crippen LogP contribution in [-0.4, -0.2) is 15.0 Å². The molecule has 0 radical (unpaired) electrons. The van der Waals surface area contributed by atoms with Crippen LogP contribution in [0.4, 0.5) is 5.82 Å². The second-order valence-corrected chi connectivity index (χ2v) is 6.14. The molecule has 1 saturated carbocycles. The van der Waals surface area contributed by atoms with Crippen LogP contribution in [0.1, 0.15) is 30.1 Å². The van der Waals surface area contributed by atoms with Gasteiger partial charge in [-0.1, -0.05) is 0 Å². The Bertz CT molecular complexity index is 577. The van der Waals surface area contributed by atoms with Gasteiger partial charge in [0.1, 0.15) is 5.82 Å². The summed E-state index contributed by atoms with van der Waals surface area (Å²) in [5, 5.41) is 2.86. The van der Waals surface area contributed by atoms with Gasteiger partial charge in [-0.15, -0.1) is 11.3 Å². The molecule has 2 heterocycles. The van der Waals surface area contributed by atoms with E-state index in [9.17, 15) is 0 Å². The molecule has 0 aliphatic heterocycles. The van der Waals surface area contributed by atoms with E-state index in [4.69, 9.17) is 5.73 Å². The van der Waals surface area contributed by atoms with Gasteiger partial charge >= 0.3 is 0 Å². The summed E-state index contributed by atoms with van der Waals surface area (Å²) >= 11 is 3.80. The smallest absolute Gasteiger partial charge is 0.191 e. The fourth-order valence-electron chi connectivity index (χ4n) is 1.66. The van der Waals surface area contributed by atoms with Crippen molar-refractivity contribution in [3.05, 3.63) is 20.3 Å². The number of anilines is 1. The maximum atomic E-state index is 5.95. The zero-order chi connectivity index (χ0) is 12.0. The average molecular weight is 358 g/mol. The molecule has 1 fully saturated rings. The first kappa shape index (κ1) is 11.3. The van der Waals surface area contributed by atoms with Crippen LogP contribution >= 0.6 is 33.9 Å². The molecule has 2 aromatic rings. The Labute approximate surface area is 117 Å². The van der Waals surface area contributed by atoms with Crippen molar-refractivity contribution in [3.63, 3.8) is 0 Å². The molecule has 3 rings (SSSR count). The van der Waals surface area contributed by atoms with E-state index in [1.165, 1.54) is 12.8 Å². The van der Waals surface area contributed by atoms with Crippen molar-refractivity contribution in [3.8, 4) is 10.8 Å². The van der Waals surface area contributed by atoms with Crippen LogP contribution in [0.15, 0.2) is 5.38 Å². The van der Waals surface area contributed by atoms with E-state index < -0.39 is 0 Å². The maximum absolute atomic E-state index is 5.95. The lowest BCUT2D eigenvalue weighted by Crippen LogP contribution is -2.04. The molecule has 0 bridgehead atoms. The molecule has 1 aliphatic carbocycles. The highest BCUT2D eigenvalue weighted by molar-refractivity contribution is 14.1. The van der Waals surface area contributed by atoms with Crippen LogP contribution in [0.3, 0.4) is 0 Å². The number of thiazole rings is 1. The largest absolute Gasteiger partial charge is 0.383 e. The van der Waals surface area contributed by atoms with Crippen molar-refractivity contribution >= 4 is 39.7 Å². The van der Waals surface area contributed by atoms with E-state index >= 15 is 0 Å². The van der Waals surface area contributed by atoms with E-state index in [0.717, 1.165) is 20.0 Å². The van der Waals surface area contributed by atoms with E-state index in [1.807, 2.05) is 12.3 Å². The van der Waals surface area contributed by atoms with E-state index in [2.05, 4.69) is 37.5 Å². The molecular formula is C11H11IN4S. The fourth-order valence-corrected chi connectivity index (χ4v) is 3.07. The zero-order valence-corrected chi connectivity index (χ0v) is 12.2. The van der Waals surface area contributed by atoms with Gasteiger partial charge in [-0.25, -0.2) is 15.0 Å². The van der Waals surface area contributed by atoms with E-state index in [1.54, 1.807) is 11.3 Å². The first-order chi connectivity index (χ1) is 8.15. The van der Waals surface area contributed by atoms with Gasteiger partial charge in [0.2, 0.25) is 0 Å². The lowest BCUT2D eigenvalue weighted by atomic mass is 10.2. The Morgan fingerprint density at radius 1 is 1.35 bits per heavy atom. The highest BCUT2D eigenvalue weighted by Gasteiger charge is 2.29. The van der Waals surface area contributed by atoms with Crippen LogP contribution in [0.2, 0.25) is 0 Å². The number of aromatic nitrogens is 3. The minimum atomic E-state index is 0.574. The van der Waals surface area contributed by atoms with Gasteiger partial charge in [-0.3, -0.25) is 0 Å². The van der Waals surface area contributed by atoms with Crippen LogP contribution in [0.25, 0.3) is 10.8 Å². The minimum Gasteiger partial charge on any atom is -0.383 e. The third kappa shape index (κ3) is 2.15. The van der Waals surface area contributed by atoms with Crippen LogP contribution in [-0.2, 0) is 0 Å². The first-order valence-corrected chi connectivity index (χ1v) is 7.36. The standard InChI is InChI=1S/C11H11IN4S/c1-5-4-17-11(14-5)10-15-8(6-2-3-6)7(12)9(13)16-10/h4,6H,2-3H2,1H3,(H2,13,15,16). The quantitative estimate of drug-likeness (QED) is 0.839. The normalized spacial score (nSPS) is 15.2. The molecule has 0 saturated heterocycles. The highest BCUT2D eigenvalue weighted by Crippen LogP contribution is 2.42. The maximum Gasteiger partial charge on any atom is 0.191 e. The monoisotopic (exact) mass is 358 g/mol. The van der Waals surface area contributed by atoms with E-state index in [-0.39, 0.29) is 0 Å². The van der Waals surface area contributed by atoms with Gasteiger partial charge in [-0.2, -0.15) is 0 Å². The Morgan fingerprint density at radius 2 is 2.12 bits per heavy atom.